The van der Waals surface area contributed by atoms with Crippen LogP contribution in [0.4, 0.5) is 0 Å². The molecule has 1 atom stereocenters. The summed E-state index contributed by atoms with van der Waals surface area (Å²) in [6.07, 6.45) is 4.83. The van der Waals surface area contributed by atoms with E-state index in [4.69, 9.17) is 10.3 Å². The van der Waals surface area contributed by atoms with E-state index in [0.29, 0.717) is 18.3 Å². The molecule has 1 saturated heterocycles. The second-order valence-electron chi connectivity index (χ2n) is 7.93. The molecule has 7 heteroatoms. The van der Waals surface area contributed by atoms with Gasteiger partial charge in [-0.25, -0.2) is 0 Å². The molecule has 1 aliphatic heterocycles. The highest BCUT2D eigenvalue weighted by molar-refractivity contribution is 5.94. The Morgan fingerprint density at radius 3 is 2.56 bits per heavy atom. The number of aromatic nitrogens is 2. The number of benzene rings is 1. The van der Waals surface area contributed by atoms with Crippen molar-refractivity contribution in [2.24, 2.45) is 5.73 Å². The van der Waals surface area contributed by atoms with Crippen molar-refractivity contribution in [3.63, 3.8) is 0 Å². The Bertz CT molecular complexity index is 811. The Kier molecular flexibility index (Phi) is 5.58. The van der Waals surface area contributed by atoms with Crippen molar-refractivity contribution in [1.82, 2.24) is 15.0 Å². The monoisotopic (exact) mass is 390 g/mol. The van der Waals surface area contributed by atoms with E-state index in [1.165, 1.54) is 0 Å². The summed E-state index contributed by atoms with van der Waals surface area (Å²) in [5.74, 6) is 1.41. The Balaban J connectivity index is 0.00000210. The van der Waals surface area contributed by atoms with Crippen molar-refractivity contribution in [1.29, 1.82) is 0 Å². The normalized spacial score (nSPS) is 21.3. The molecule has 0 radical (unpaired) electrons. The highest BCUT2D eigenvalue weighted by Crippen LogP contribution is 2.38. The van der Waals surface area contributed by atoms with Crippen LogP contribution in [0.1, 0.15) is 71.2 Å². The van der Waals surface area contributed by atoms with Crippen LogP contribution >= 0.6 is 12.4 Å². The molecule has 1 unspecified atom stereocenters. The predicted octanol–water partition coefficient (Wildman–Crippen LogP) is 3.47. The SMILES string of the molecule is Cc1cc(C)cc(C(=O)N2CCCC(c3nc(C4(N)CCC4)no3)C2)c1.Cl. The first-order valence-electron chi connectivity index (χ1n) is 9.45. The van der Waals surface area contributed by atoms with Crippen LogP contribution < -0.4 is 5.73 Å². The van der Waals surface area contributed by atoms with Gasteiger partial charge >= 0.3 is 0 Å². The van der Waals surface area contributed by atoms with Gasteiger partial charge < -0.3 is 15.2 Å². The minimum absolute atomic E-state index is 0. The number of nitrogens with zero attached hydrogens (tertiary/aromatic N) is 3. The number of piperidine rings is 1. The minimum Gasteiger partial charge on any atom is -0.339 e. The van der Waals surface area contributed by atoms with Gasteiger partial charge in [-0.3, -0.25) is 4.79 Å². The van der Waals surface area contributed by atoms with E-state index in [2.05, 4.69) is 16.2 Å². The molecule has 2 aliphatic rings. The predicted molar refractivity (Wildman–Crippen MR) is 105 cm³/mol. The van der Waals surface area contributed by atoms with Crippen molar-refractivity contribution in [3.05, 3.63) is 46.6 Å². The molecule has 4 rings (SSSR count). The fourth-order valence-electron chi connectivity index (χ4n) is 4.03. The molecule has 0 spiro atoms. The van der Waals surface area contributed by atoms with Crippen LogP contribution in [-0.2, 0) is 5.54 Å². The summed E-state index contributed by atoms with van der Waals surface area (Å²) < 4.78 is 5.52. The third-order valence-electron chi connectivity index (χ3n) is 5.66. The lowest BCUT2D eigenvalue weighted by Gasteiger charge is -2.34. The van der Waals surface area contributed by atoms with E-state index in [9.17, 15) is 4.79 Å². The van der Waals surface area contributed by atoms with E-state index in [-0.39, 0.29) is 24.2 Å². The fraction of sp³-hybridized carbons (Fsp3) is 0.550. The maximum Gasteiger partial charge on any atom is 0.253 e. The molecule has 1 aliphatic carbocycles. The van der Waals surface area contributed by atoms with Crippen molar-refractivity contribution in [2.45, 2.75) is 57.4 Å². The largest absolute Gasteiger partial charge is 0.339 e. The quantitative estimate of drug-likeness (QED) is 0.867. The maximum atomic E-state index is 12.9. The fourth-order valence-corrected chi connectivity index (χ4v) is 4.03. The molecule has 6 nitrogen and oxygen atoms in total. The molecule has 1 aromatic carbocycles. The molecule has 1 aromatic heterocycles. The van der Waals surface area contributed by atoms with Crippen LogP contribution in [0.15, 0.2) is 22.7 Å². The van der Waals surface area contributed by atoms with Crippen molar-refractivity contribution in [2.75, 3.05) is 13.1 Å². The maximum absolute atomic E-state index is 12.9. The van der Waals surface area contributed by atoms with E-state index < -0.39 is 5.54 Å². The highest BCUT2D eigenvalue weighted by Gasteiger charge is 2.40. The minimum atomic E-state index is -0.412. The molecule has 1 amide bonds. The Morgan fingerprint density at radius 1 is 1.22 bits per heavy atom. The zero-order valence-electron chi connectivity index (χ0n) is 15.9. The topological polar surface area (TPSA) is 85.2 Å². The second-order valence-corrected chi connectivity index (χ2v) is 7.93. The molecule has 1 saturated carbocycles. The average molecular weight is 391 g/mol. The summed E-state index contributed by atoms with van der Waals surface area (Å²) in [5.41, 5.74) is 8.86. The first-order chi connectivity index (χ1) is 12.4. The van der Waals surface area contributed by atoms with Crippen molar-refractivity contribution in [3.8, 4) is 0 Å². The zero-order chi connectivity index (χ0) is 18.3. The van der Waals surface area contributed by atoms with Crippen LogP contribution in [0.2, 0.25) is 0 Å². The van der Waals surface area contributed by atoms with Gasteiger partial charge in [-0.15, -0.1) is 12.4 Å². The molecule has 2 heterocycles. The summed E-state index contributed by atoms with van der Waals surface area (Å²) in [7, 11) is 0. The Morgan fingerprint density at radius 2 is 1.93 bits per heavy atom. The summed E-state index contributed by atoms with van der Waals surface area (Å²) in [4.78, 5) is 19.4. The van der Waals surface area contributed by atoms with Gasteiger partial charge in [-0.05, 0) is 58.1 Å². The Labute approximate surface area is 165 Å². The van der Waals surface area contributed by atoms with Crippen LogP contribution in [0.3, 0.4) is 0 Å². The number of nitrogens with two attached hydrogens (primary N) is 1. The number of aryl methyl sites for hydroxylation is 2. The van der Waals surface area contributed by atoms with Gasteiger partial charge in [0.2, 0.25) is 5.89 Å². The van der Waals surface area contributed by atoms with Crippen LogP contribution in [0, 0.1) is 13.8 Å². The summed E-state index contributed by atoms with van der Waals surface area (Å²) >= 11 is 0. The lowest BCUT2D eigenvalue weighted by atomic mass is 9.77. The lowest BCUT2D eigenvalue weighted by molar-refractivity contribution is 0.0695. The molecule has 2 fully saturated rings. The Hall–Kier alpha value is -1.92. The van der Waals surface area contributed by atoms with E-state index in [1.807, 2.05) is 30.9 Å². The third kappa shape index (κ3) is 3.87. The molecule has 0 bridgehead atoms. The summed E-state index contributed by atoms with van der Waals surface area (Å²) in [6.45, 7) is 5.42. The third-order valence-corrected chi connectivity index (χ3v) is 5.66. The number of likely N-dealkylation sites (tertiary alicyclic amines) is 1. The number of rotatable bonds is 3. The smallest absolute Gasteiger partial charge is 0.253 e. The van der Waals surface area contributed by atoms with E-state index >= 15 is 0 Å². The second kappa shape index (κ2) is 7.60. The highest BCUT2D eigenvalue weighted by atomic mass is 35.5. The summed E-state index contributed by atoms with van der Waals surface area (Å²) in [5, 5.41) is 4.12. The van der Waals surface area contributed by atoms with Gasteiger partial charge in [0.25, 0.3) is 5.91 Å². The standard InChI is InChI=1S/C20H26N4O2.ClH/c1-13-9-14(2)11-16(10-13)18(25)24-8-3-5-15(12-24)17-22-19(23-26-17)20(21)6-4-7-20;/h9-11,15H,3-8,12,21H2,1-2H3;1H. The number of hydrogen-bond acceptors (Lipinski definition) is 5. The van der Waals surface area contributed by atoms with Gasteiger partial charge in [0.15, 0.2) is 5.82 Å². The molecule has 2 aromatic rings. The number of amides is 1. The van der Waals surface area contributed by atoms with Crippen LogP contribution in [-0.4, -0.2) is 34.0 Å². The number of carbonyl (C=O) groups excluding carboxylic acids is 1. The van der Waals surface area contributed by atoms with Gasteiger partial charge in [0.05, 0.1) is 11.5 Å². The number of halogens is 1. The van der Waals surface area contributed by atoms with E-state index in [0.717, 1.165) is 55.3 Å². The molecule has 27 heavy (non-hydrogen) atoms. The van der Waals surface area contributed by atoms with E-state index in [1.54, 1.807) is 0 Å². The molecular formula is C20H27ClN4O2. The van der Waals surface area contributed by atoms with Gasteiger partial charge in [-0.2, -0.15) is 4.98 Å². The van der Waals surface area contributed by atoms with Gasteiger partial charge in [0.1, 0.15) is 0 Å². The molecular weight excluding hydrogens is 364 g/mol. The van der Waals surface area contributed by atoms with Gasteiger partial charge in [0, 0.05) is 18.7 Å². The first-order valence-corrected chi connectivity index (χ1v) is 9.45. The van der Waals surface area contributed by atoms with Crippen LogP contribution in [0.5, 0.6) is 0 Å². The van der Waals surface area contributed by atoms with Crippen LogP contribution in [0.25, 0.3) is 0 Å². The first kappa shape index (κ1) is 19.8. The molecule has 2 N–H and O–H groups in total. The number of hydrogen-bond donors (Lipinski definition) is 1. The lowest BCUT2D eigenvalue weighted by Crippen LogP contribution is -2.44. The number of carbonyl (C=O) groups is 1. The average Bonchev–Trinajstić information content (AvgIpc) is 3.09. The summed E-state index contributed by atoms with van der Waals surface area (Å²) in [6, 6.07) is 6.00. The zero-order valence-corrected chi connectivity index (χ0v) is 16.7. The van der Waals surface area contributed by atoms with Crippen molar-refractivity contribution < 1.29 is 9.32 Å². The van der Waals surface area contributed by atoms with Gasteiger partial charge in [-0.1, -0.05) is 22.3 Å². The van der Waals surface area contributed by atoms with Crippen molar-refractivity contribution >= 4 is 18.3 Å². The molecule has 146 valence electrons.